The Morgan fingerprint density at radius 3 is 2.68 bits per heavy atom. The van der Waals surface area contributed by atoms with Gasteiger partial charge in [-0.2, -0.15) is 0 Å². The molecule has 1 aromatic carbocycles. The number of carbonyl (C=O) groups excluding carboxylic acids is 1. The Balaban J connectivity index is 1.76. The van der Waals surface area contributed by atoms with Crippen LogP contribution < -0.4 is 10.6 Å². The summed E-state index contributed by atoms with van der Waals surface area (Å²) in [5.74, 6) is 0.110. The van der Waals surface area contributed by atoms with Crippen LogP contribution in [0, 0.1) is 0 Å². The molecule has 120 valence electrons. The summed E-state index contributed by atoms with van der Waals surface area (Å²) in [5.41, 5.74) is 2.52. The lowest BCUT2D eigenvalue weighted by atomic mass is 10.00. The van der Waals surface area contributed by atoms with Gasteiger partial charge in [0.25, 0.3) is 5.91 Å². The normalized spacial score (nSPS) is 26.0. The highest BCUT2D eigenvalue weighted by molar-refractivity contribution is 5.82. The van der Waals surface area contributed by atoms with Gasteiger partial charge in [-0.1, -0.05) is 31.2 Å². The standard InChI is InChI=1S/C17H25N3O2/c1-2-13-3-5-14(6-4-13)15-11-18-7-9-20(15)17(21)16-12-19-8-10-22-16/h3-6,15-16,18-19H,2,7-12H2,1H3/t15?,16-/m0/s1. The second-order valence-electron chi connectivity index (χ2n) is 5.91. The van der Waals surface area contributed by atoms with Crippen molar-refractivity contribution >= 4 is 5.91 Å². The number of nitrogens with zero attached hydrogens (tertiary/aromatic N) is 1. The summed E-state index contributed by atoms with van der Waals surface area (Å²) < 4.78 is 5.64. The van der Waals surface area contributed by atoms with Gasteiger partial charge in [-0.3, -0.25) is 4.79 Å². The fraction of sp³-hybridized carbons (Fsp3) is 0.588. The third kappa shape index (κ3) is 3.32. The number of benzene rings is 1. The maximum Gasteiger partial charge on any atom is 0.253 e. The zero-order valence-corrected chi connectivity index (χ0v) is 13.2. The fourth-order valence-electron chi connectivity index (χ4n) is 3.15. The van der Waals surface area contributed by atoms with Crippen molar-refractivity contribution in [1.29, 1.82) is 0 Å². The van der Waals surface area contributed by atoms with Gasteiger partial charge in [0.2, 0.25) is 0 Å². The van der Waals surface area contributed by atoms with E-state index in [1.54, 1.807) is 0 Å². The Labute approximate surface area is 132 Å². The second kappa shape index (κ2) is 7.22. The SMILES string of the molecule is CCc1ccc(C2CNCCN2C(=O)[C@@H]2CNCCO2)cc1. The molecule has 1 unspecified atom stereocenters. The zero-order valence-electron chi connectivity index (χ0n) is 13.2. The van der Waals surface area contributed by atoms with Crippen LogP contribution in [-0.4, -0.2) is 56.2 Å². The maximum absolute atomic E-state index is 12.8. The molecule has 2 atom stereocenters. The third-order valence-electron chi connectivity index (χ3n) is 4.50. The van der Waals surface area contributed by atoms with E-state index in [0.717, 1.165) is 32.6 Å². The second-order valence-corrected chi connectivity index (χ2v) is 5.91. The van der Waals surface area contributed by atoms with Gasteiger partial charge in [-0.15, -0.1) is 0 Å². The van der Waals surface area contributed by atoms with E-state index in [-0.39, 0.29) is 18.1 Å². The maximum atomic E-state index is 12.8. The average molecular weight is 303 g/mol. The zero-order chi connectivity index (χ0) is 15.4. The van der Waals surface area contributed by atoms with E-state index in [0.29, 0.717) is 13.2 Å². The molecular formula is C17H25N3O2. The van der Waals surface area contributed by atoms with Gasteiger partial charge < -0.3 is 20.3 Å². The Kier molecular flexibility index (Phi) is 5.08. The minimum absolute atomic E-state index is 0.0951. The highest BCUT2D eigenvalue weighted by Gasteiger charge is 2.33. The summed E-state index contributed by atoms with van der Waals surface area (Å²) >= 11 is 0. The van der Waals surface area contributed by atoms with Gasteiger partial charge >= 0.3 is 0 Å². The molecule has 22 heavy (non-hydrogen) atoms. The van der Waals surface area contributed by atoms with E-state index in [2.05, 4.69) is 41.8 Å². The number of nitrogens with one attached hydrogen (secondary N) is 2. The number of amides is 1. The molecule has 2 N–H and O–H groups in total. The molecule has 0 spiro atoms. The van der Waals surface area contributed by atoms with Gasteiger partial charge in [-0.25, -0.2) is 0 Å². The summed E-state index contributed by atoms with van der Waals surface area (Å²) in [6.07, 6.45) is 0.692. The Bertz CT molecular complexity index is 497. The van der Waals surface area contributed by atoms with Crippen LogP contribution in [0.15, 0.2) is 24.3 Å². The van der Waals surface area contributed by atoms with Gasteiger partial charge in [0, 0.05) is 32.7 Å². The minimum Gasteiger partial charge on any atom is -0.366 e. The quantitative estimate of drug-likeness (QED) is 0.863. The topological polar surface area (TPSA) is 53.6 Å². The molecule has 2 heterocycles. The number of carbonyl (C=O) groups is 1. The average Bonchev–Trinajstić information content (AvgIpc) is 2.62. The number of rotatable bonds is 3. The summed E-state index contributed by atoms with van der Waals surface area (Å²) in [4.78, 5) is 14.8. The number of aryl methyl sites for hydroxylation is 1. The molecule has 2 fully saturated rings. The molecule has 2 aliphatic rings. The van der Waals surface area contributed by atoms with Crippen LogP contribution >= 0.6 is 0 Å². The Morgan fingerprint density at radius 1 is 1.23 bits per heavy atom. The first-order valence-electron chi connectivity index (χ1n) is 8.22. The van der Waals surface area contributed by atoms with E-state index in [1.165, 1.54) is 11.1 Å². The molecule has 0 aromatic heterocycles. The molecule has 5 heteroatoms. The number of ether oxygens (including phenoxy) is 1. The van der Waals surface area contributed by atoms with Gasteiger partial charge in [0.15, 0.2) is 0 Å². The molecule has 0 saturated carbocycles. The number of piperazine rings is 1. The molecule has 1 aromatic rings. The smallest absolute Gasteiger partial charge is 0.253 e. The third-order valence-corrected chi connectivity index (χ3v) is 4.50. The lowest BCUT2D eigenvalue weighted by molar-refractivity contribution is -0.148. The number of hydrogen-bond donors (Lipinski definition) is 2. The van der Waals surface area contributed by atoms with Gasteiger partial charge in [0.1, 0.15) is 6.10 Å². The lowest BCUT2D eigenvalue weighted by Gasteiger charge is -2.39. The summed E-state index contributed by atoms with van der Waals surface area (Å²) in [5, 5.41) is 6.64. The van der Waals surface area contributed by atoms with Crippen LogP contribution in [0.25, 0.3) is 0 Å². The van der Waals surface area contributed by atoms with Crippen LogP contribution in [0.3, 0.4) is 0 Å². The largest absolute Gasteiger partial charge is 0.366 e. The predicted octanol–water partition coefficient (Wildman–Crippen LogP) is 0.710. The number of hydrogen-bond acceptors (Lipinski definition) is 4. The van der Waals surface area contributed by atoms with Crippen LogP contribution in [0.2, 0.25) is 0 Å². The molecular weight excluding hydrogens is 278 g/mol. The number of morpholine rings is 1. The van der Waals surface area contributed by atoms with Crippen LogP contribution in [0.5, 0.6) is 0 Å². The fourth-order valence-corrected chi connectivity index (χ4v) is 3.15. The monoisotopic (exact) mass is 303 g/mol. The van der Waals surface area contributed by atoms with Crippen LogP contribution in [0.4, 0.5) is 0 Å². The Hall–Kier alpha value is -1.43. The molecule has 1 amide bonds. The lowest BCUT2D eigenvalue weighted by Crippen LogP contribution is -2.55. The van der Waals surface area contributed by atoms with Crippen molar-refractivity contribution in [2.75, 3.05) is 39.3 Å². The predicted molar refractivity (Wildman–Crippen MR) is 85.8 cm³/mol. The van der Waals surface area contributed by atoms with Crippen LogP contribution in [-0.2, 0) is 16.0 Å². The van der Waals surface area contributed by atoms with Crippen LogP contribution in [0.1, 0.15) is 24.1 Å². The van der Waals surface area contributed by atoms with E-state index in [4.69, 9.17) is 4.74 Å². The van der Waals surface area contributed by atoms with Crippen molar-refractivity contribution in [2.24, 2.45) is 0 Å². The first kappa shape index (κ1) is 15.5. The van der Waals surface area contributed by atoms with E-state index in [9.17, 15) is 4.79 Å². The first-order chi connectivity index (χ1) is 10.8. The molecule has 3 rings (SSSR count). The van der Waals surface area contributed by atoms with E-state index >= 15 is 0 Å². The molecule has 0 bridgehead atoms. The summed E-state index contributed by atoms with van der Waals surface area (Å²) in [6.45, 7) is 6.59. The highest BCUT2D eigenvalue weighted by Crippen LogP contribution is 2.24. The Morgan fingerprint density at radius 2 is 2.00 bits per heavy atom. The highest BCUT2D eigenvalue weighted by atomic mass is 16.5. The van der Waals surface area contributed by atoms with Gasteiger partial charge in [-0.05, 0) is 17.5 Å². The molecule has 0 aliphatic carbocycles. The summed E-state index contributed by atoms with van der Waals surface area (Å²) in [6, 6.07) is 8.71. The summed E-state index contributed by atoms with van der Waals surface area (Å²) in [7, 11) is 0. The van der Waals surface area contributed by atoms with Gasteiger partial charge in [0.05, 0.1) is 12.6 Å². The van der Waals surface area contributed by atoms with E-state index in [1.807, 2.05) is 4.90 Å². The van der Waals surface area contributed by atoms with Crippen molar-refractivity contribution in [3.63, 3.8) is 0 Å². The van der Waals surface area contributed by atoms with Crippen molar-refractivity contribution in [3.8, 4) is 0 Å². The minimum atomic E-state index is -0.343. The molecule has 0 radical (unpaired) electrons. The molecule has 5 nitrogen and oxygen atoms in total. The van der Waals surface area contributed by atoms with Crippen molar-refractivity contribution in [2.45, 2.75) is 25.5 Å². The van der Waals surface area contributed by atoms with Crippen molar-refractivity contribution in [1.82, 2.24) is 15.5 Å². The first-order valence-corrected chi connectivity index (χ1v) is 8.22. The molecule has 2 aliphatic heterocycles. The van der Waals surface area contributed by atoms with Crippen molar-refractivity contribution < 1.29 is 9.53 Å². The van der Waals surface area contributed by atoms with E-state index < -0.39 is 0 Å². The molecule has 2 saturated heterocycles. The van der Waals surface area contributed by atoms with Crippen molar-refractivity contribution in [3.05, 3.63) is 35.4 Å².